The molecule has 8 heteroatoms. The van der Waals surface area contributed by atoms with Crippen LogP contribution in [0.4, 0.5) is 5.13 Å². The van der Waals surface area contributed by atoms with E-state index in [1.54, 1.807) is 10.7 Å². The van der Waals surface area contributed by atoms with E-state index in [2.05, 4.69) is 49.3 Å². The topological polar surface area (TPSA) is 77.1 Å². The molecule has 0 bridgehead atoms. The Morgan fingerprint density at radius 2 is 2.07 bits per heavy atom. The van der Waals surface area contributed by atoms with Crippen molar-refractivity contribution in [2.24, 2.45) is 7.05 Å². The molecule has 4 heterocycles. The number of carbonyl (C=O) groups is 1. The maximum absolute atomic E-state index is 12.9. The molecule has 0 radical (unpaired) electrons. The summed E-state index contributed by atoms with van der Waals surface area (Å²) >= 11 is 1.40. The van der Waals surface area contributed by atoms with E-state index < -0.39 is 0 Å². The van der Waals surface area contributed by atoms with E-state index in [0.717, 1.165) is 27.7 Å². The average Bonchev–Trinajstić information content (AvgIpc) is 3.41. The number of carbonyl (C=O) groups excluding carboxylic acids is 1. The number of benzene rings is 1. The van der Waals surface area contributed by atoms with E-state index in [1.807, 2.05) is 37.8 Å². The summed E-state index contributed by atoms with van der Waals surface area (Å²) in [6.07, 6.45) is 5.57. The SMILES string of the molecule is Cc1csc(NC(=O)c2cc(-c3ccc4c(ccn4C)c3)cn3cnnc23)n1. The molecule has 28 heavy (non-hydrogen) atoms. The quantitative estimate of drug-likeness (QED) is 0.508. The number of thiazole rings is 1. The zero-order chi connectivity index (χ0) is 19.3. The summed E-state index contributed by atoms with van der Waals surface area (Å²) in [5, 5.41) is 14.5. The van der Waals surface area contributed by atoms with Gasteiger partial charge in [0.15, 0.2) is 10.8 Å². The van der Waals surface area contributed by atoms with Crippen molar-refractivity contribution in [3.63, 3.8) is 0 Å². The van der Waals surface area contributed by atoms with Crippen molar-refractivity contribution in [3.8, 4) is 11.1 Å². The molecular formula is C20H16N6OS. The largest absolute Gasteiger partial charge is 0.351 e. The van der Waals surface area contributed by atoms with Crippen molar-refractivity contribution in [1.82, 2.24) is 24.1 Å². The van der Waals surface area contributed by atoms with E-state index in [4.69, 9.17) is 0 Å². The lowest BCUT2D eigenvalue weighted by molar-refractivity contribution is 0.102. The lowest BCUT2D eigenvalue weighted by Gasteiger charge is -2.08. The van der Waals surface area contributed by atoms with Gasteiger partial charge in [0.2, 0.25) is 0 Å². The van der Waals surface area contributed by atoms with Gasteiger partial charge in [-0.2, -0.15) is 0 Å². The Morgan fingerprint density at radius 1 is 1.18 bits per heavy atom. The van der Waals surface area contributed by atoms with Crippen LogP contribution in [-0.4, -0.2) is 30.1 Å². The highest BCUT2D eigenvalue weighted by molar-refractivity contribution is 7.13. The Hall–Kier alpha value is -3.52. The van der Waals surface area contributed by atoms with Crippen LogP contribution >= 0.6 is 11.3 Å². The number of aromatic nitrogens is 5. The van der Waals surface area contributed by atoms with E-state index in [0.29, 0.717) is 16.3 Å². The first-order valence-corrected chi connectivity index (χ1v) is 9.59. The molecule has 138 valence electrons. The zero-order valence-electron chi connectivity index (χ0n) is 15.2. The first kappa shape index (κ1) is 16.6. The third-order valence-electron chi connectivity index (χ3n) is 4.69. The molecule has 0 aliphatic heterocycles. The van der Waals surface area contributed by atoms with Gasteiger partial charge in [0.1, 0.15) is 6.33 Å². The molecule has 0 spiro atoms. The number of rotatable bonds is 3. The first-order valence-electron chi connectivity index (χ1n) is 8.71. The molecule has 0 saturated carbocycles. The summed E-state index contributed by atoms with van der Waals surface area (Å²) in [5.74, 6) is -0.255. The number of nitrogens with one attached hydrogen (secondary N) is 1. The molecule has 5 aromatic rings. The molecular weight excluding hydrogens is 372 g/mol. The number of pyridine rings is 1. The highest BCUT2D eigenvalue weighted by atomic mass is 32.1. The second kappa shape index (κ2) is 6.28. The lowest BCUT2D eigenvalue weighted by Crippen LogP contribution is -2.13. The monoisotopic (exact) mass is 388 g/mol. The number of aryl methyl sites for hydroxylation is 2. The number of nitrogens with zero attached hydrogens (tertiary/aromatic N) is 5. The molecule has 0 aliphatic rings. The van der Waals surface area contributed by atoms with E-state index in [-0.39, 0.29) is 5.91 Å². The summed E-state index contributed by atoms with van der Waals surface area (Å²) in [4.78, 5) is 17.2. The van der Waals surface area contributed by atoms with Crippen LogP contribution in [0.2, 0.25) is 0 Å². The summed E-state index contributed by atoms with van der Waals surface area (Å²) in [5.41, 5.74) is 4.93. The minimum absolute atomic E-state index is 0.255. The smallest absolute Gasteiger partial charge is 0.261 e. The molecule has 0 unspecified atom stereocenters. The Kier molecular flexibility index (Phi) is 3.73. The standard InChI is InChI=1S/C20H16N6OS/c1-12-10-28-20(22-12)23-19(27)16-8-15(9-26-11-21-24-18(16)26)13-3-4-17-14(7-13)5-6-25(17)2/h3-11H,1-2H3,(H,22,23,27). The Bertz CT molecular complexity index is 1350. The molecule has 1 aromatic carbocycles. The second-order valence-corrected chi connectivity index (χ2v) is 7.51. The lowest BCUT2D eigenvalue weighted by atomic mass is 10.0. The maximum Gasteiger partial charge on any atom is 0.261 e. The molecule has 7 nitrogen and oxygen atoms in total. The first-order chi connectivity index (χ1) is 13.6. The average molecular weight is 388 g/mol. The Morgan fingerprint density at radius 3 is 2.89 bits per heavy atom. The number of hydrogen-bond acceptors (Lipinski definition) is 5. The van der Waals surface area contributed by atoms with Crippen LogP contribution < -0.4 is 5.32 Å². The summed E-state index contributed by atoms with van der Waals surface area (Å²) in [7, 11) is 2.02. The van der Waals surface area contributed by atoms with Gasteiger partial charge in [-0.1, -0.05) is 6.07 Å². The number of amides is 1. The highest BCUT2D eigenvalue weighted by Gasteiger charge is 2.16. The summed E-state index contributed by atoms with van der Waals surface area (Å²) in [6.45, 7) is 1.89. The third kappa shape index (κ3) is 2.74. The minimum atomic E-state index is -0.255. The molecule has 1 amide bonds. The number of hydrogen-bond donors (Lipinski definition) is 1. The van der Waals surface area contributed by atoms with Gasteiger partial charge in [-0.05, 0) is 42.3 Å². The Balaban J connectivity index is 1.60. The fraction of sp³-hybridized carbons (Fsp3) is 0.100. The predicted octanol–water partition coefficient (Wildman–Crippen LogP) is 3.91. The van der Waals surface area contributed by atoms with Crippen molar-refractivity contribution < 1.29 is 4.79 Å². The highest BCUT2D eigenvalue weighted by Crippen LogP contribution is 2.27. The number of fused-ring (bicyclic) bond motifs is 2. The number of anilines is 1. The van der Waals surface area contributed by atoms with E-state index >= 15 is 0 Å². The molecule has 4 aromatic heterocycles. The van der Waals surface area contributed by atoms with Crippen LogP contribution in [0.5, 0.6) is 0 Å². The van der Waals surface area contributed by atoms with Gasteiger partial charge in [-0.25, -0.2) is 4.98 Å². The van der Waals surface area contributed by atoms with Gasteiger partial charge >= 0.3 is 0 Å². The third-order valence-corrected chi connectivity index (χ3v) is 5.57. The summed E-state index contributed by atoms with van der Waals surface area (Å²) < 4.78 is 3.85. The van der Waals surface area contributed by atoms with Crippen molar-refractivity contribution >= 4 is 38.9 Å². The van der Waals surface area contributed by atoms with Crippen LogP contribution in [0.3, 0.4) is 0 Å². The molecule has 5 rings (SSSR count). The normalized spacial score (nSPS) is 11.4. The fourth-order valence-electron chi connectivity index (χ4n) is 3.30. The zero-order valence-corrected chi connectivity index (χ0v) is 16.1. The molecule has 1 N–H and O–H groups in total. The van der Waals surface area contributed by atoms with Crippen molar-refractivity contribution in [3.05, 3.63) is 65.7 Å². The molecule has 0 aliphatic carbocycles. The van der Waals surface area contributed by atoms with Crippen LogP contribution in [0.15, 0.2) is 54.4 Å². The maximum atomic E-state index is 12.9. The van der Waals surface area contributed by atoms with Gasteiger partial charge in [0.25, 0.3) is 5.91 Å². The predicted molar refractivity (Wildman–Crippen MR) is 110 cm³/mol. The van der Waals surface area contributed by atoms with E-state index in [1.165, 1.54) is 11.3 Å². The van der Waals surface area contributed by atoms with Gasteiger partial charge in [0.05, 0.1) is 11.3 Å². The van der Waals surface area contributed by atoms with Crippen molar-refractivity contribution in [2.45, 2.75) is 6.92 Å². The van der Waals surface area contributed by atoms with Crippen molar-refractivity contribution in [2.75, 3.05) is 5.32 Å². The van der Waals surface area contributed by atoms with Crippen molar-refractivity contribution in [1.29, 1.82) is 0 Å². The molecule has 0 atom stereocenters. The fourth-order valence-corrected chi connectivity index (χ4v) is 3.98. The van der Waals surface area contributed by atoms with Gasteiger partial charge in [0, 0.05) is 35.7 Å². The minimum Gasteiger partial charge on any atom is -0.351 e. The Labute approximate surface area is 164 Å². The summed E-state index contributed by atoms with van der Waals surface area (Å²) in [6, 6.07) is 10.2. The molecule has 0 fully saturated rings. The van der Waals surface area contributed by atoms with Crippen LogP contribution in [0.25, 0.3) is 27.7 Å². The van der Waals surface area contributed by atoms with Gasteiger partial charge in [-0.3, -0.25) is 14.5 Å². The van der Waals surface area contributed by atoms with Crippen LogP contribution in [0.1, 0.15) is 16.1 Å². The van der Waals surface area contributed by atoms with Crippen LogP contribution in [0, 0.1) is 6.92 Å². The van der Waals surface area contributed by atoms with E-state index in [9.17, 15) is 4.79 Å². The van der Waals surface area contributed by atoms with Gasteiger partial charge in [-0.15, -0.1) is 21.5 Å². The van der Waals surface area contributed by atoms with Gasteiger partial charge < -0.3 is 4.57 Å². The molecule has 0 saturated heterocycles. The second-order valence-electron chi connectivity index (χ2n) is 6.65. The van der Waals surface area contributed by atoms with Crippen LogP contribution in [-0.2, 0) is 7.05 Å².